The molecule has 0 bridgehead atoms. The van der Waals surface area contributed by atoms with Crippen molar-refractivity contribution in [1.29, 1.82) is 0 Å². The van der Waals surface area contributed by atoms with E-state index in [1.807, 2.05) is 20.8 Å². The van der Waals surface area contributed by atoms with Gasteiger partial charge in [-0.15, -0.1) is 0 Å². The van der Waals surface area contributed by atoms with Crippen molar-refractivity contribution in [1.82, 2.24) is 60.0 Å². The van der Waals surface area contributed by atoms with E-state index in [4.69, 9.17) is 4.74 Å². The molecule has 11 atom stereocenters. The van der Waals surface area contributed by atoms with E-state index in [2.05, 4.69) is 16.0 Å². The van der Waals surface area contributed by atoms with Crippen LogP contribution in [0.2, 0.25) is 0 Å². The number of halogens is 5. The number of hydrogen-bond acceptors (Lipinski definition) is 13. The molecule has 0 aromatic heterocycles. The van der Waals surface area contributed by atoms with Crippen LogP contribution in [0.1, 0.15) is 189 Å². The normalized spacial score (nSPS) is 30.8. The summed E-state index contributed by atoms with van der Waals surface area (Å²) < 4.78 is 78.6. The molecule has 25 nitrogen and oxygen atoms in total. The summed E-state index contributed by atoms with van der Waals surface area (Å²) in [6.07, 6.45) is -3.71. The van der Waals surface area contributed by atoms with Crippen LogP contribution in [0.4, 0.5) is 22.0 Å². The molecule has 1 spiro atoms. The van der Waals surface area contributed by atoms with Gasteiger partial charge in [-0.25, -0.2) is 8.78 Å². The molecule has 0 radical (unpaired) electrons. The first-order chi connectivity index (χ1) is 48.5. The highest BCUT2D eigenvalue weighted by atomic mass is 19.4. The Morgan fingerprint density at radius 3 is 1.75 bits per heavy atom. The molecular formula is C73H117F5N12O13. The Morgan fingerprint density at radius 1 is 0.602 bits per heavy atom. The fourth-order valence-corrected chi connectivity index (χ4v) is 16.6. The zero-order valence-corrected chi connectivity index (χ0v) is 62.9. The third-order valence-electron chi connectivity index (χ3n) is 23.3. The number of alkyl halides is 5. The second-order valence-electron chi connectivity index (χ2n) is 31.3. The van der Waals surface area contributed by atoms with Crippen molar-refractivity contribution < 1.29 is 84.2 Å². The van der Waals surface area contributed by atoms with Crippen LogP contribution in [0, 0.1) is 35.5 Å². The minimum Gasteiger partial charge on any atom is -0.377 e. The van der Waals surface area contributed by atoms with Crippen LogP contribution in [0.25, 0.3) is 0 Å². The topological polar surface area (TPSA) is 279 Å². The zero-order valence-electron chi connectivity index (χ0n) is 62.9. The molecule has 30 heteroatoms. The van der Waals surface area contributed by atoms with Gasteiger partial charge in [0, 0.05) is 82.0 Å². The number of amides is 12. The maximum Gasteiger partial charge on any atom is 0.397 e. The summed E-state index contributed by atoms with van der Waals surface area (Å²) in [4.78, 5) is 191. The fourth-order valence-electron chi connectivity index (χ4n) is 16.6. The minimum atomic E-state index is -5.17. The summed E-state index contributed by atoms with van der Waals surface area (Å²) in [5, 5.41) is 8.57. The average Bonchev–Trinajstić information content (AvgIpc) is 1.33. The molecule has 0 aromatic rings. The van der Waals surface area contributed by atoms with E-state index >= 15 is 32.8 Å². The Kier molecular flexibility index (Phi) is 30.0. The molecule has 3 aliphatic heterocycles. The van der Waals surface area contributed by atoms with E-state index < -0.39 is 206 Å². The van der Waals surface area contributed by atoms with Gasteiger partial charge in [0.25, 0.3) is 0 Å². The molecule has 7 aliphatic rings. The number of fused-ring (bicyclic) bond motifs is 1. The van der Waals surface area contributed by atoms with E-state index in [1.165, 1.54) is 73.8 Å². The average molecular weight is 1470 g/mol. The van der Waals surface area contributed by atoms with Gasteiger partial charge >= 0.3 is 6.18 Å². The van der Waals surface area contributed by atoms with Crippen LogP contribution in [-0.4, -0.2) is 283 Å². The van der Waals surface area contributed by atoms with Gasteiger partial charge in [0.05, 0.1) is 32.2 Å². The van der Waals surface area contributed by atoms with E-state index in [-0.39, 0.29) is 69.9 Å². The first-order valence-electron chi connectivity index (χ1n) is 37.8. The summed E-state index contributed by atoms with van der Waals surface area (Å²) in [7, 11) is 9.78. The SMILES string of the molecule is CCO[C@@H]1C[C@H]2C(=O)NC3(CCC3)C(=O)N(C)[C@@H](C3CCCCC3)C(=O)N(C)[C@H](C(=O)N3CCCC3)CC(=O)N(C)[C@@H](CC(C)C)C(=O)N[C@@H]([C@@H](C)CC)C(=O)N(C)CC(=O)N(C)CC(=O)N(C)[C@@H](CC3CCCCC3)C(=O)N(C)CC(=O)N[C@@H](CCC3CC(F)C(C(F)(F)F)C(F)C3)C(=O)N2C1. The van der Waals surface area contributed by atoms with Crippen LogP contribution in [-0.2, 0) is 62.3 Å². The summed E-state index contributed by atoms with van der Waals surface area (Å²) in [5.74, 6) is -13.4. The number of nitrogens with zero attached hydrogens (tertiary/aromatic N) is 9. The maximum absolute atomic E-state index is 15.7. The predicted octanol–water partition coefficient (Wildman–Crippen LogP) is 5.40. The van der Waals surface area contributed by atoms with Gasteiger partial charge in [-0.1, -0.05) is 85.5 Å². The lowest BCUT2D eigenvalue weighted by Crippen LogP contribution is -2.68. The first kappa shape index (κ1) is 83.5. The van der Waals surface area contributed by atoms with Gasteiger partial charge in [0.1, 0.15) is 66.1 Å². The van der Waals surface area contributed by atoms with Crippen LogP contribution >= 0.6 is 0 Å². The molecule has 3 N–H and O–H groups in total. The van der Waals surface area contributed by atoms with Crippen molar-refractivity contribution in [3.8, 4) is 0 Å². The number of hydrogen-bond donors (Lipinski definition) is 3. The molecule has 12 amide bonds. The van der Waals surface area contributed by atoms with Crippen molar-refractivity contribution in [3.05, 3.63) is 0 Å². The molecule has 3 saturated heterocycles. The van der Waals surface area contributed by atoms with Crippen LogP contribution in [0.15, 0.2) is 0 Å². The number of ether oxygens (including phenoxy) is 1. The van der Waals surface area contributed by atoms with Gasteiger partial charge in [-0.2, -0.15) is 13.2 Å². The highest BCUT2D eigenvalue weighted by Crippen LogP contribution is 2.45. The van der Waals surface area contributed by atoms with Crippen LogP contribution in [0.5, 0.6) is 0 Å². The lowest BCUT2D eigenvalue weighted by Gasteiger charge is -2.47. The highest BCUT2D eigenvalue weighted by molar-refractivity contribution is 6.01. The van der Waals surface area contributed by atoms with Crippen molar-refractivity contribution in [3.63, 3.8) is 0 Å². The van der Waals surface area contributed by atoms with E-state index in [0.717, 1.165) is 53.2 Å². The molecule has 103 heavy (non-hydrogen) atoms. The standard InChI is InChI=1S/C73H117F5N12O13/c1-13-45(5)62-69(100)84(8)42-59(93)82(6)43-60(94)86(10)55(37-46-24-17-15-18-25-46)67(98)83(7)41-57(91)79-52(29-28-47-35-50(74)61(51(75)36-47)73(76,77)78)66(97)90-40-49(103-14-2)38-54(90)65(96)81-72(30-23-31-72)71(102)88(12)63(48-26-19-16-20-27-48)70(101)87(11)56(68(99)89-32-21-22-33-89)39-58(92)85(9)53(34-44(3)4)64(95)80-62/h44-56,61-63H,13-43H2,1-12H3,(H,79,91)(H,80,95)(H,81,96)/t45-,47?,49+,50?,51?,52-,53-,54-,55-,56-,61?,62-,63-/m0/s1. The largest absolute Gasteiger partial charge is 0.397 e. The van der Waals surface area contributed by atoms with Gasteiger partial charge in [0.15, 0.2) is 0 Å². The molecule has 582 valence electrons. The van der Waals surface area contributed by atoms with Gasteiger partial charge < -0.3 is 64.8 Å². The Labute approximate surface area is 604 Å². The summed E-state index contributed by atoms with van der Waals surface area (Å²) in [5.41, 5.74) is -1.64. The molecular weight excluding hydrogens is 1350 g/mol. The third-order valence-corrected chi connectivity index (χ3v) is 23.3. The maximum atomic E-state index is 15.7. The minimum absolute atomic E-state index is 0.0248. The number of carbonyl (C=O) groups is 12. The molecule has 4 saturated carbocycles. The molecule has 3 heterocycles. The number of carbonyl (C=O) groups excluding carboxylic acids is 12. The monoisotopic (exact) mass is 1460 g/mol. The molecule has 4 aliphatic carbocycles. The van der Waals surface area contributed by atoms with Crippen molar-refractivity contribution in [2.75, 3.05) is 95.2 Å². The predicted molar refractivity (Wildman–Crippen MR) is 372 cm³/mol. The first-order valence-corrected chi connectivity index (χ1v) is 37.8. The second kappa shape index (κ2) is 37.0. The van der Waals surface area contributed by atoms with Crippen LogP contribution in [0.3, 0.4) is 0 Å². The number of likely N-dealkylation sites (N-methyl/N-ethyl adjacent to an activating group) is 7. The zero-order chi connectivity index (χ0) is 76.1. The number of likely N-dealkylation sites (tertiary alicyclic amines) is 1. The molecule has 7 rings (SSSR count). The second-order valence-corrected chi connectivity index (χ2v) is 31.3. The third kappa shape index (κ3) is 20.9. The smallest absolute Gasteiger partial charge is 0.377 e. The molecule has 2 unspecified atom stereocenters. The fraction of sp³-hybridized carbons (Fsp3) is 0.836. The van der Waals surface area contributed by atoms with Crippen molar-refractivity contribution in [2.24, 2.45) is 35.5 Å². The Hall–Kier alpha value is -6.75. The lowest BCUT2D eigenvalue weighted by atomic mass is 9.74. The molecule has 7 fully saturated rings. The van der Waals surface area contributed by atoms with Crippen molar-refractivity contribution in [2.45, 2.75) is 261 Å². The molecule has 0 aromatic carbocycles. The van der Waals surface area contributed by atoms with Crippen LogP contribution < -0.4 is 16.0 Å². The quantitative estimate of drug-likeness (QED) is 0.195. The summed E-state index contributed by atoms with van der Waals surface area (Å²) in [6.45, 7) is 7.77. The lowest BCUT2D eigenvalue weighted by molar-refractivity contribution is -0.219. The summed E-state index contributed by atoms with van der Waals surface area (Å²) >= 11 is 0. The number of nitrogens with one attached hydrogen (secondary N) is 3. The highest BCUT2D eigenvalue weighted by Gasteiger charge is 2.56. The van der Waals surface area contributed by atoms with Gasteiger partial charge in [-0.3, -0.25) is 57.5 Å². The van der Waals surface area contributed by atoms with Crippen molar-refractivity contribution >= 4 is 70.9 Å². The van der Waals surface area contributed by atoms with Gasteiger partial charge in [-0.05, 0) is 120 Å². The van der Waals surface area contributed by atoms with E-state index in [1.54, 1.807) is 18.7 Å². The van der Waals surface area contributed by atoms with E-state index in [0.29, 0.717) is 64.5 Å². The van der Waals surface area contributed by atoms with Gasteiger partial charge in [0.2, 0.25) is 70.9 Å². The number of rotatable bonds is 13. The Bertz CT molecular complexity index is 2990. The summed E-state index contributed by atoms with van der Waals surface area (Å²) in [6, 6.07) is -9.25. The Balaban J connectivity index is 1.29. The Morgan fingerprint density at radius 2 is 1.18 bits per heavy atom. The van der Waals surface area contributed by atoms with E-state index in [9.17, 15) is 46.7 Å².